The molecule has 0 bridgehead atoms. The lowest BCUT2D eigenvalue weighted by atomic mass is 10.2. The van der Waals surface area contributed by atoms with Crippen LogP contribution in [-0.2, 0) is 4.79 Å². The Labute approximate surface area is 96.5 Å². The zero-order valence-electron chi connectivity index (χ0n) is 9.65. The Morgan fingerprint density at radius 3 is 2.62 bits per heavy atom. The summed E-state index contributed by atoms with van der Waals surface area (Å²) < 4.78 is 0. The number of nitrogens with zero attached hydrogens (tertiary/aromatic N) is 1. The van der Waals surface area contributed by atoms with E-state index in [9.17, 15) is 4.79 Å². The minimum absolute atomic E-state index is 0.153. The van der Waals surface area contributed by atoms with Gasteiger partial charge in [-0.1, -0.05) is 18.2 Å². The first-order valence-electron chi connectivity index (χ1n) is 5.81. The lowest BCUT2D eigenvalue weighted by molar-refractivity contribution is -0.117. The summed E-state index contributed by atoms with van der Waals surface area (Å²) in [6.45, 7) is 1.27. The molecule has 16 heavy (non-hydrogen) atoms. The molecule has 0 radical (unpaired) electrons. The highest BCUT2D eigenvalue weighted by Gasteiger charge is 2.27. The number of rotatable bonds is 5. The summed E-state index contributed by atoms with van der Waals surface area (Å²) in [6, 6.07) is 9.91. The number of carbonyl (C=O) groups is 1. The van der Waals surface area contributed by atoms with Crippen LogP contribution < -0.4 is 10.2 Å². The molecular formula is C13H18N2O. The molecule has 1 aliphatic carbocycles. The molecular weight excluding hydrogens is 200 g/mol. The number of hydrogen-bond acceptors (Lipinski definition) is 2. The average Bonchev–Trinajstić information content (AvgIpc) is 3.11. The van der Waals surface area contributed by atoms with Gasteiger partial charge in [0.25, 0.3) is 0 Å². The fraction of sp³-hybridized carbons (Fsp3) is 0.462. The molecule has 1 N–H and O–H groups in total. The second-order valence-electron chi connectivity index (χ2n) is 4.31. The molecule has 1 saturated carbocycles. The average molecular weight is 218 g/mol. The summed E-state index contributed by atoms with van der Waals surface area (Å²) >= 11 is 0. The number of benzene rings is 1. The van der Waals surface area contributed by atoms with E-state index in [1.54, 1.807) is 7.05 Å². The van der Waals surface area contributed by atoms with Crippen molar-refractivity contribution in [2.24, 2.45) is 5.92 Å². The van der Waals surface area contributed by atoms with E-state index in [0.29, 0.717) is 12.5 Å². The van der Waals surface area contributed by atoms with Crippen LogP contribution in [0.2, 0.25) is 0 Å². The van der Waals surface area contributed by atoms with E-state index in [4.69, 9.17) is 0 Å². The van der Waals surface area contributed by atoms with Gasteiger partial charge >= 0.3 is 0 Å². The Bertz CT molecular complexity index is 346. The molecule has 3 heteroatoms. The van der Waals surface area contributed by atoms with Crippen LogP contribution in [0.3, 0.4) is 0 Å². The monoisotopic (exact) mass is 218 g/mol. The van der Waals surface area contributed by atoms with Crippen molar-refractivity contribution in [1.82, 2.24) is 5.32 Å². The van der Waals surface area contributed by atoms with Gasteiger partial charge in [-0.05, 0) is 37.9 Å². The lowest BCUT2D eigenvalue weighted by Crippen LogP contribution is -2.38. The van der Waals surface area contributed by atoms with Gasteiger partial charge in [0.05, 0.1) is 6.54 Å². The minimum atomic E-state index is 0.153. The molecule has 1 aromatic carbocycles. The molecule has 1 aromatic rings. The van der Waals surface area contributed by atoms with Crippen LogP contribution in [0.5, 0.6) is 0 Å². The topological polar surface area (TPSA) is 32.3 Å². The van der Waals surface area contributed by atoms with Gasteiger partial charge in [-0.3, -0.25) is 4.79 Å². The van der Waals surface area contributed by atoms with E-state index < -0.39 is 0 Å². The quantitative estimate of drug-likeness (QED) is 0.815. The van der Waals surface area contributed by atoms with Crippen LogP contribution in [0.4, 0.5) is 5.69 Å². The third kappa shape index (κ3) is 2.83. The smallest absolute Gasteiger partial charge is 0.240 e. The van der Waals surface area contributed by atoms with E-state index in [0.717, 1.165) is 12.2 Å². The Morgan fingerprint density at radius 2 is 2.06 bits per heavy atom. The summed E-state index contributed by atoms with van der Waals surface area (Å²) in [4.78, 5) is 13.9. The highest BCUT2D eigenvalue weighted by molar-refractivity contribution is 5.94. The maximum atomic E-state index is 12.0. The number of anilines is 1. The number of hydrogen-bond donors (Lipinski definition) is 1. The van der Waals surface area contributed by atoms with Crippen LogP contribution in [0.1, 0.15) is 12.8 Å². The van der Waals surface area contributed by atoms with Crippen LogP contribution in [-0.4, -0.2) is 26.0 Å². The molecule has 86 valence electrons. The second kappa shape index (κ2) is 5.12. The van der Waals surface area contributed by atoms with Gasteiger partial charge in [-0.15, -0.1) is 0 Å². The van der Waals surface area contributed by atoms with Crippen molar-refractivity contribution in [2.75, 3.05) is 25.0 Å². The molecule has 0 spiro atoms. The largest absolute Gasteiger partial charge is 0.311 e. The molecule has 0 aromatic heterocycles. The van der Waals surface area contributed by atoms with Crippen molar-refractivity contribution in [1.29, 1.82) is 0 Å². The Morgan fingerprint density at radius 1 is 1.38 bits per heavy atom. The number of amides is 1. The molecule has 3 nitrogen and oxygen atoms in total. The predicted molar refractivity (Wildman–Crippen MR) is 65.4 cm³/mol. The van der Waals surface area contributed by atoms with Crippen molar-refractivity contribution >= 4 is 11.6 Å². The summed E-state index contributed by atoms with van der Waals surface area (Å²) in [7, 11) is 1.80. The number of likely N-dealkylation sites (N-methyl/N-ethyl adjacent to an activating group) is 1. The maximum Gasteiger partial charge on any atom is 0.240 e. The molecule has 0 unspecified atom stereocenters. The highest BCUT2D eigenvalue weighted by Crippen LogP contribution is 2.31. The Balaban J connectivity index is 2.09. The van der Waals surface area contributed by atoms with Crippen molar-refractivity contribution in [3.63, 3.8) is 0 Å². The van der Waals surface area contributed by atoms with Gasteiger partial charge in [0.2, 0.25) is 5.91 Å². The molecule has 1 amide bonds. The van der Waals surface area contributed by atoms with E-state index in [1.165, 1.54) is 12.8 Å². The van der Waals surface area contributed by atoms with Gasteiger partial charge in [0.15, 0.2) is 0 Å². The first kappa shape index (κ1) is 11.1. The van der Waals surface area contributed by atoms with E-state index in [-0.39, 0.29) is 5.91 Å². The van der Waals surface area contributed by atoms with Crippen LogP contribution in [0.25, 0.3) is 0 Å². The fourth-order valence-corrected chi connectivity index (χ4v) is 1.76. The zero-order valence-corrected chi connectivity index (χ0v) is 9.65. The molecule has 0 atom stereocenters. The second-order valence-corrected chi connectivity index (χ2v) is 4.31. The summed E-state index contributed by atoms with van der Waals surface area (Å²) in [5, 5.41) is 2.92. The van der Waals surface area contributed by atoms with Gasteiger partial charge < -0.3 is 10.2 Å². The van der Waals surface area contributed by atoms with E-state index >= 15 is 0 Å². The van der Waals surface area contributed by atoms with Gasteiger partial charge in [0.1, 0.15) is 0 Å². The predicted octanol–water partition coefficient (Wildman–Crippen LogP) is 1.65. The van der Waals surface area contributed by atoms with Crippen LogP contribution in [0, 0.1) is 5.92 Å². The van der Waals surface area contributed by atoms with Crippen molar-refractivity contribution in [3.8, 4) is 0 Å². The molecule has 0 heterocycles. The van der Waals surface area contributed by atoms with Crippen molar-refractivity contribution in [3.05, 3.63) is 30.3 Å². The molecule has 1 fully saturated rings. The first-order chi connectivity index (χ1) is 7.81. The first-order valence-corrected chi connectivity index (χ1v) is 5.81. The van der Waals surface area contributed by atoms with Crippen LogP contribution >= 0.6 is 0 Å². The standard InChI is InChI=1S/C13H18N2O/c1-14-9-13(16)15(10-11-7-8-11)12-5-3-2-4-6-12/h2-6,11,14H,7-10H2,1H3. The molecule has 2 rings (SSSR count). The SMILES string of the molecule is CNCC(=O)N(CC1CC1)c1ccccc1. The molecule has 0 aliphatic heterocycles. The minimum Gasteiger partial charge on any atom is -0.311 e. The fourth-order valence-electron chi connectivity index (χ4n) is 1.76. The Hall–Kier alpha value is -1.35. The van der Waals surface area contributed by atoms with Crippen molar-refractivity contribution < 1.29 is 4.79 Å². The zero-order chi connectivity index (χ0) is 11.4. The third-order valence-electron chi connectivity index (χ3n) is 2.83. The summed E-state index contributed by atoms with van der Waals surface area (Å²) in [5.74, 6) is 0.863. The van der Waals surface area contributed by atoms with Gasteiger partial charge in [0, 0.05) is 12.2 Å². The highest BCUT2D eigenvalue weighted by atomic mass is 16.2. The van der Waals surface area contributed by atoms with Gasteiger partial charge in [-0.25, -0.2) is 0 Å². The van der Waals surface area contributed by atoms with Crippen LogP contribution in [0.15, 0.2) is 30.3 Å². The normalized spacial score (nSPS) is 14.8. The van der Waals surface area contributed by atoms with E-state index in [2.05, 4.69) is 5.32 Å². The van der Waals surface area contributed by atoms with Gasteiger partial charge in [-0.2, -0.15) is 0 Å². The number of nitrogens with one attached hydrogen (secondary N) is 1. The number of carbonyl (C=O) groups excluding carboxylic acids is 1. The van der Waals surface area contributed by atoms with Crippen molar-refractivity contribution in [2.45, 2.75) is 12.8 Å². The summed E-state index contributed by atoms with van der Waals surface area (Å²) in [5.41, 5.74) is 1.01. The summed E-state index contributed by atoms with van der Waals surface area (Å²) in [6.07, 6.45) is 2.52. The Kier molecular flexibility index (Phi) is 3.57. The lowest BCUT2D eigenvalue weighted by Gasteiger charge is -2.22. The maximum absolute atomic E-state index is 12.0. The third-order valence-corrected chi connectivity index (χ3v) is 2.83. The number of para-hydroxylation sites is 1. The molecule has 1 aliphatic rings. The molecule has 0 saturated heterocycles. The van der Waals surface area contributed by atoms with E-state index in [1.807, 2.05) is 35.2 Å².